The van der Waals surface area contributed by atoms with Crippen molar-refractivity contribution < 1.29 is 8.42 Å². The Bertz CT molecular complexity index is 722. The highest BCUT2D eigenvalue weighted by Crippen LogP contribution is 2.22. The zero-order chi connectivity index (χ0) is 15.6. The zero-order valence-corrected chi connectivity index (χ0v) is 13.9. The molecule has 3 heterocycles. The third kappa shape index (κ3) is 3.45. The number of aromatic nitrogens is 2. The van der Waals surface area contributed by atoms with Crippen LogP contribution in [0, 0.1) is 6.92 Å². The molecule has 1 saturated heterocycles. The second-order valence-electron chi connectivity index (χ2n) is 5.30. The van der Waals surface area contributed by atoms with E-state index in [1.165, 1.54) is 11.3 Å². The molecule has 0 bridgehead atoms. The van der Waals surface area contributed by atoms with E-state index in [1.54, 1.807) is 24.5 Å². The number of hydrogen-bond acceptors (Lipinski definition) is 6. The zero-order valence-electron chi connectivity index (χ0n) is 12.3. The van der Waals surface area contributed by atoms with Crippen LogP contribution in [0.5, 0.6) is 0 Å². The molecule has 0 saturated carbocycles. The molecule has 118 valence electrons. The molecule has 22 heavy (non-hydrogen) atoms. The maximum Gasteiger partial charge on any atom is 0.250 e. The van der Waals surface area contributed by atoms with Gasteiger partial charge in [0.2, 0.25) is 16.0 Å². The van der Waals surface area contributed by atoms with Crippen molar-refractivity contribution in [1.29, 1.82) is 0 Å². The van der Waals surface area contributed by atoms with E-state index in [4.69, 9.17) is 0 Å². The van der Waals surface area contributed by atoms with Crippen LogP contribution >= 0.6 is 11.3 Å². The van der Waals surface area contributed by atoms with Gasteiger partial charge >= 0.3 is 0 Å². The van der Waals surface area contributed by atoms with E-state index < -0.39 is 10.0 Å². The fourth-order valence-corrected chi connectivity index (χ4v) is 5.09. The van der Waals surface area contributed by atoms with Gasteiger partial charge in [0.05, 0.1) is 0 Å². The number of thiophene rings is 1. The van der Waals surface area contributed by atoms with Gasteiger partial charge in [-0.1, -0.05) is 0 Å². The first-order chi connectivity index (χ1) is 10.5. The number of piperidine rings is 1. The Hall–Kier alpha value is -1.51. The average Bonchev–Trinajstić information content (AvgIpc) is 2.96. The minimum Gasteiger partial charge on any atom is -0.341 e. The number of sulfonamides is 1. The highest BCUT2D eigenvalue weighted by atomic mass is 32.2. The maximum atomic E-state index is 12.3. The number of nitrogens with one attached hydrogen (secondary N) is 1. The van der Waals surface area contributed by atoms with Crippen molar-refractivity contribution in [3.05, 3.63) is 35.5 Å². The summed E-state index contributed by atoms with van der Waals surface area (Å²) in [6.45, 7) is 3.41. The van der Waals surface area contributed by atoms with Gasteiger partial charge in [-0.2, -0.15) is 0 Å². The number of rotatable bonds is 4. The third-order valence-corrected chi connectivity index (χ3v) is 6.65. The van der Waals surface area contributed by atoms with E-state index in [1.807, 2.05) is 13.0 Å². The van der Waals surface area contributed by atoms with Gasteiger partial charge in [-0.3, -0.25) is 0 Å². The van der Waals surface area contributed by atoms with Gasteiger partial charge in [-0.25, -0.2) is 23.1 Å². The molecule has 1 aliphatic rings. The fourth-order valence-electron chi connectivity index (χ4n) is 2.49. The highest BCUT2D eigenvalue weighted by Gasteiger charge is 2.26. The predicted octanol–water partition coefficient (Wildman–Crippen LogP) is 1.79. The van der Waals surface area contributed by atoms with Crippen LogP contribution in [0.1, 0.15) is 17.7 Å². The molecule has 0 spiro atoms. The molecule has 0 unspecified atom stereocenters. The lowest BCUT2D eigenvalue weighted by Gasteiger charge is -2.31. The van der Waals surface area contributed by atoms with Crippen molar-refractivity contribution in [2.75, 3.05) is 18.0 Å². The van der Waals surface area contributed by atoms with Crippen molar-refractivity contribution in [3.63, 3.8) is 0 Å². The lowest BCUT2D eigenvalue weighted by Crippen LogP contribution is -2.44. The molecule has 0 radical (unpaired) electrons. The molecule has 2 aromatic rings. The quantitative estimate of drug-likeness (QED) is 0.920. The molecule has 8 heteroatoms. The first-order valence-corrected chi connectivity index (χ1v) is 9.45. The Morgan fingerprint density at radius 3 is 2.50 bits per heavy atom. The smallest absolute Gasteiger partial charge is 0.250 e. The van der Waals surface area contributed by atoms with Crippen LogP contribution in [0.3, 0.4) is 0 Å². The normalized spacial score (nSPS) is 16.9. The minimum atomic E-state index is -3.40. The van der Waals surface area contributed by atoms with Gasteiger partial charge < -0.3 is 4.90 Å². The van der Waals surface area contributed by atoms with Crippen molar-refractivity contribution in [2.24, 2.45) is 0 Å². The summed E-state index contributed by atoms with van der Waals surface area (Å²) in [4.78, 5) is 11.5. The van der Waals surface area contributed by atoms with E-state index in [9.17, 15) is 8.42 Å². The first kappa shape index (κ1) is 15.4. The van der Waals surface area contributed by atoms with Crippen LogP contribution in [0.4, 0.5) is 5.95 Å². The van der Waals surface area contributed by atoms with Gasteiger partial charge in [0, 0.05) is 36.4 Å². The molecule has 1 N–H and O–H groups in total. The molecule has 0 aliphatic carbocycles. The van der Waals surface area contributed by atoms with Gasteiger partial charge in [0.1, 0.15) is 4.21 Å². The Labute approximate surface area is 134 Å². The van der Waals surface area contributed by atoms with Crippen molar-refractivity contribution >= 4 is 27.3 Å². The first-order valence-electron chi connectivity index (χ1n) is 7.15. The minimum absolute atomic E-state index is 0.0348. The number of aryl methyl sites for hydroxylation is 1. The van der Waals surface area contributed by atoms with Gasteiger partial charge in [-0.15, -0.1) is 11.3 Å². The number of nitrogens with zero attached hydrogens (tertiary/aromatic N) is 3. The summed E-state index contributed by atoms with van der Waals surface area (Å²) >= 11 is 1.30. The third-order valence-electron chi connectivity index (χ3n) is 3.63. The lowest BCUT2D eigenvalue weighted by atomic mass is 10.1. The molecule has 0 amide bonds. The Morgan fingerprint density at radius 1 is 1.23 bits per heavy atom. The summed E-state index contributed by atoms with van der Waals surface area (Å²) < 4.78 is 27.9. The van der Waals surface area contributed by atoms with Crippen molar-refractivity contribution in [1.82, 2.24) is 14.7 Å². The van der Waals surface area contributed by atoms with E-state index in [0.29, 0.717) is 10.2 Å². The Kier molecular flexibility index (Phi) is 4.42. The number of hydrogen-bond donors (Lipinski definition) is 1. The Balaban J connectivity index is 1.60. The van der Waals surface area contributed by atoms with Crippen LogP contribution in [0.2, 0.25) is 0 Å². The SMILES string of the molecule is Cc1ccc(S(=O)(=O)NC2CCN(c3ncccn3)CC2)s1. The summed E-state index contributed by atoms with van der Waals surface area (Å²) in [5, 5.41) is 0. The summed E-state index contributed by atoms with van der Waals surface area (Å²) in [5.74, 6) is 0.706. The largest absolute Gasteiger partial charge is 0.341 e. The van der Waals surface area contributed by atoms with E-state index in [-0.39, 0.29) is 6.04 Å². The summed E-state index contributed by atoms with van der Waals surface area (Å²) in [6.07, 6.45) is 4.94. The van der Waals surface area contributed by atoms with Crippen LogP contribution in [0.25, 0.3) is 0 Å². The van der Waals surface area contributed by atoms with E-state index in [2.05, 4.69) is 19.6 Å². The highest BCUT2D eigenvalue weighted by molar-refractivity contribution is 7.91. The Morgan fingerprint density at radius 2 is 1.91 bits per heavy atom. The molecule has 2 aromatic heterocycles. The van der Waals surface area contributed by atoms with Gasteiger partial charge in [0.25, 0.3) is 0 Å². The van der Waals surface area contributed by atoms with Gasteiger partial charge in [0.15, 0.2) is 0 Å². The van der Waals surface area contributed by atoms with Gasteiger partial charge in [-0.05, 0) is 38.0 Å². The van der Waals surface area contributed by atoms with Crippen LogP contribution in [-0.4, -0.2) is 37.5 Å². The lowest BCUT2D eigenvalue weighted by molar-refractivity contribution is 0.457. The number of anilines is 1. The molecular formula is C14H18N4O2S2. The van der Waals surface area contributed by atoms with Crippen molar-refractivity contribution in [3.8, 4) is 0 Å². The molecule has 1 fully saturated rings. The fraction of sp³-hybridized carbons (Fsp3) is 0.429. The van der Waals surface area contributed by atoms with E-state index in [0.717, 1.165) is 30.8 Å². The monoisotopic (exact) mass is 338 g/mol. The van der Waals surface area contributed by atoms with E-state index >= 15 is 0 Å². The molecule has 0 atom stereocenters. The van der Waals surface area contributed by atoms with Crippen LogP contribution in [-0.2, 0) is 10.0 Å². The van der Waals surface area contributed by atoms with Crippen molar-refractivity contribution in [2.45, 2.75) is 30.0 Å². The second-order valence-corrected chi connectivity index (χ2v) is 8.53. The topological polar surface area (TPSA) is 75.2 Å². The standard InChI is InChI=1S/C14H18N4O2S2/c1-11-3-4-13(21-11)22(19,20)17-12-5-9-18(10-6-12)14-15-7-2-8-16-14/h2-4,7-8,12,17H,5-6,9-10H2,1H3. The van der Waals surface area contributed by atoms with Crippen LogP contribution in [0.15, 0.2) is 34.8 Å². The predicted molar refractivity (Wildman–Crippen MR) is 86.6 cm³/mol. The molecule has 0 aromatic carbocycles. The molecule has 3 rings (SSSR count). The summed E-state index contributed by atoms with van der Waals surface area (Å²) in [5.41, 5.74) is 0. The summed E-state index contributed by atoms with van der Waals surface area (Å²) in [6, 6.07) is 5.24. The molecular weight excluding hydrogens is 320 g/mol. The molecule has 1 aliphatic heterocycles. The van der Waals surface area contributed by atoms with Crippen LogP contribution < -0.4 is 9.62 Å². The second kappa shape index (κ2) is 6.31. The summed E-state index contributed by atoms with van der Waals surface area (Å²) in [7, 11) is -3.40. The maximum absolute atomic E-state index is 12.3. The molecule has 6 nitrogen and oxygen atoms in total. The average molecular weight is 338 g/mol.